The number of anilines is 1. The molecule has 2 aliphatic rings. The molecule has 2 aliphatic heterocycles. The van der Waals surface area contributed by atoms with Gasteiger partial charge in [-0.3, -0.25) is 25.2 Å². The lowest BCUT2D eigenvalue weighted by molar-refractivity contribution is -0.126. The molecule has 180 valence electrons. The molecule has 1 atom stereocenters. The topological polar surface area (TPSA) is 115 Å². The Morgan fingerprint density at radius 1 is 1.06 bits per heavy atom. The summed E-state index contributed by atoms with van der Waals surface area (Å²) in [5.74, 6) is 0.394. The highest BCUT2D eigenvalue weighted by Gasteiger charge is 2.36. The van der Waals surface area contributed by atoms with Gasteiger partial charge in [-0.05, 0) is 36.8 Å². The minimum Gasteiger partial charge on any atom is -0.493 e. The van der Waals surface area contributed by atoms with Crippen LogP contribution in [0.3, 0.4) is 0 Å². The van der Waals surface area contributed by atoms with Crippen molar-refractivity contribution < 1.29 is 33.3 Å². The van der Waals surface area contributed by atoms with Crippen LogP contribution in [0.25, 0.3) is 0 Å². The second-order valence-corrected chi connectivity index (χ2v) is 7.89. The fraction of sp³-hybridized carbons (Fsp3) is 0.375. The Bertz CT molecular complexity index is 1090. The van der Waals surface area contributed by atoms with Gasteiger partial charge in [0.05, 0.1) is 19.6 Å². The number of rotatable bonds is 7. The molecular weight excluding hydrogens is 442 g/mol. The molecule has 1 saturated heterocycles. The molecule has 2 aromatic carbocycles. The molecule has 1 unspecified atom stereocenters. The largest absolute Gasteiger partial charge is 0.493 e. The van der Waals surface area contributed by atoms with E-state index in [1.54, 1.807) is 30.3 Å². The summed E-state index contributed by atoms with van der Waals surface area (Å²) in [4.78, 5) is 39.2. The predicted molar refractivity (Wildman–Crippen MR) is 122 cm³/mol. The van der Waals surface area contributed by atoms with Crippen LogP contribution < -0.4 is 34.7 Å². The molecular formula is C24H27N3O7. The number of methoxy groups -OCH3 is 1. The molecule has 10 heteroatoms. The third-order valence-electron chi connectivity index (χ3n) is 5.52. The smallest absolute Gasteiger partial charge is 0.269 e. The Labute approximate surface area is 197 Å². The van der Waals surface area contributed by atoms with Crippen LogP contribution in [0.2, 0.25) is 0 Å². The van der Waals surface area contributed by atoms with Gasteiger partial charge >= 0.3 is 0 Å². The van der Waals surface area contributed by atoms with Gasteiger partial charge in [0.15, 0.2) is 23.0 Å². The lowest BCUT2D eigenvalue weighted by atomic mass is 10.1. The fourth-order valence-corrected chi connectivity index (χ4v) is 3.77. The van der Waals surface area contributed by atoms with E-state index in [1.165, 1.54) is 18.1 Å². The van der Waals surface area contributed by atoms with Crippen molar-refractivity contribution in [2.24, 2.45) is 5.92 Å². The summed E-state index contributed by atoms with van der Waals surface area (Å²) in [5, 5.41) is 0. The van der Waals surface area contributed by atoms with E-state index in [9.17, 15) is 14.4 Å². The number of hydrogen-bond acceptors (Lipinski definition) is 7. The van der Waals surface area contributed by atoms with Crippen LogP contribution in [0, 0.1) is 5.92 Å². The summed E-state index contributed by atoms with van der Waals surface area (Å²) >= 11 is 0. The van der Waals surface area contributed by atoms with Crippen molar-refractivity contribution >= 4 is 23.4 Å². The van der Waals surface area contributed by atoms with E-state index in [4.69, 9.17) is 18.9 Å². The average Bonchev–Trinajstić information content (AvgIpc) is 3.27. The van der Waals surface area contributed by atoms with E-state index in [-0.39, 0.29) is 18.9 Å². The Kier molecular flexibility index (Phi) is 7.05. The fourth-order valence-electron chi connectivity index (χ4n) is 3.77. The summed E-state index contributed by atoms with van der Waals surface area (Å²) in [7, 11) is 1.49. The molecule has 2 N–H and O–H groups in total. The molecule has 10 nitrogen and oxygen atoms in total. The van der Waals surface area contributed by atoms with Crippen molar-refractivity contribution in [3.8, 4) is 23.0 Å². The number of nitrogens with one attached hydrogen (secondary N) is 2. The molecule has 0 aliphatic carbocycles. The van der Waals surface area contributed by atoms with Crippen molar-refractivity contribution in [2.45, 2.75) is 19.8 Å². The van der Waals surface area contributed by atoms with E-state index >= 15 is 0 Å². The van der Waals surface area contributed by atoms with Crippen LogP contribution in [0.4, 0.5) is 5.69 Å². The third-order valence-corrected chi connectivity index (χ3v) is 5.52. The van der Waals surface area contributed by atoms with Gasteiger partial charge in [-0.2, -0.15) is 0 Å². The highest BCUT2D eigenvalue weighted by atomic mass is 16.6. The van der Waals surface area contributed by atoms with Crippen molar-refractivity contribution in [1.29, 1.82) is 0 Å². The zero-order valence-corrected chi connectivity index (χ0v) is 19.1. The molecule has 3 amide bonds. The average molecular weight is 469 g/mol. The number of amides is 3. The van der Waals surface area contributed by atoms with Crippen LogP contribution in [0.5, 0.6) is 23.0 Å². The first-order chi connectivity index (χ1) is 16.5. The van der Waals surface area contributed by atoms with Crippen molar-refractivity contribution in [3.05, 3.63) is 42.0 Å². The summed E-state index contributed by atoms with van der Waals surface area (Å²) in [6.07, 6.45) is 0.876. The Hall–Kier alpha value is -3.95. The lowest BCUT2D eigenvalue weighted by Crippen LogP contribution is -2.45. The van der Waals surface area contributed by atoms with Crippen molar-refractivity contribution in [1.82, 2.24) is 10.9 Å². The molecule has 0 aromatic heterocycles. The Morgan fingerprint density at radius 2 is 1.85 bits per heavy atom. The van der Waals surface area contributed by atoms with Gasteiger partial charge < -0.3 is 23.8 Å². The van der Waals surface area contributed by atoms with Crippen LogP contribution in [-0.2, 0) is 9.59 Å². The molecule has 0 bridgehead atoms. The number of fused-ring (bicyclic) bond motifs is 1. The van der Waals surface area contributed by atoms with Gasteiger partial charge in [-0.1, -0.05) is 6.92 Å². The number of ether oxygens (including phenoxy) is 4. The van der Waals surface area contributed by atoms with E-state index in [0.29, 0.717) is 54.1 Å². The summed E-state index contributed by atoms with van der Waals surface area (Å²) in [6, 6.07) is 10.0. The first-order valence-corrected chi connectivity index (χ1v) is 11.1. The molecule has 34 heavy (non-hydrogen) atoms. The predicted octanol–water partition coefficient (Wildman–Crippen LogP) is 2.07. The number of hydrogen-bond donors (Lipinski definition) is 2. The van der Waals surface area contributed by atoms with Crippen molar-refractivity contribution in [3.63, 3.8) is 0 Å². The number of carbonyl (C=O) groups is 3. The first kappa shape index (κ1) is 23.2. The van der Waals surface area contributed by atoms with Gasteiger partial charge in [0.1, 0.15) is 13.2 Å². The Balaban J connectivity index is 1.34. The highest BCUT2D eigenvalue weighted by Crippen LogP contribution is 2.36. The number of benzene rings is 2. The normalized spacial score (nSPS) is 16.7. The van der Waals surface area contributed by atoms with Gasteiger partial charge in [-0.25, -0.2) is 0 Å². The number of nitrogens with zero attached hydrogens (tertiary/aromatic N) is 1. The quantitative estimate of drug-likeness (QED) is 0.597. The summed E-state index contributed by atoms with van der Waals surface area (Å²) in [6.45, 7) is 3.63. The Morgan fingerprint density at radius 3 is 2.62 bits per heavy atom. The van der Waals surface area contributed by atoms with Gasteiger partial charge in [0.25, 0.3) is 5.91 Å². The molecule has 1 fully saturated rings. The van der Waals surface area contributed by atoms with E-state index in [2.05, 4.69) is 10.9 Å². The van der Waals surface area contributed by atoms with E-state index < -0.39 is 17.7 Å². The monoisotopic (exact) mass is 469 g/mol. The highest BCUT2D eigenvalue weighted by molar-refractivity contribution is 6.01. The minimum atomic E-state index is -0.611. The second kappa shape index (κ2) is 10.3. The lowest BCUT2D eigenvalue weighted by Gasteiger charge is -2.22. The SMILES string of the molecule is CCCOc1ccc(C(=O)NNC(=O)C2CC(=O)N(c3ccc4c(c3)OCCO4)C2)cc1OC. The zero-order chi connectivity index (χ0) is 24.1. The van der Waals surface area contributed by atoms with Crippen LogP contribution >= 0.6 is 0 Å². The van der Waals surface area contributed by atoms with Gasteiger partial charge in [-0.15, -0.1) is 0 Å². The maximum atomic E-state index is 12.6. The van der Waals surface area contributed by atoms with Crippen LogP contribution in [-0.4, -0.2) is 51.2 Å². The maximum absolute atomic E-state index is 12.6. The number of carbonyl (C=O) groups excluding carboxylic acids is 3. The van der Waals surface area contributed by atoms with E-state index in [1.807, 2.05) is 6.92 Å². The maximum Gasteiger partial charge on any atom is 0.269 e. The summed E-state index contributed by atoms with van der Waals surface area (Å²) < 4.78 is 22.0. The molecule has 2 aromatic rings. The second-order valence-electron chi connectivity index (χ2n) is 7.89. The number of hydrazine groups is 1. The molecule has 0 saturated carbocycles. The first-order valence-electron chi connectivity index (χ1n) is 11.1. The van der Waals surface area contributed by atoms with Crippen molar-refractivity contribution in [2.75, 3.05) is 38.4 Å². The van der Waals surface area contributed by atoms with Gasteiger partial charge in [0, 0.05) is 30.3 Å². The van der Waals surface area contributed by atoms with Crippen LogP contribution in [0.1, 0.15) is 30.1 Å². The standard InChI is InChI=1S/C24H27N3O7/c1-3-8-32-18-6-4-15(11-20(18)31-2)23(29)25-26-24(30)16-12-22(28)27(14-16)17-5-7-19-21(13-17)34-10-9-33-19/h4-7,11,13,16H,3,8-10,12,14H2,1-2H3,(H,25,29)(H,26,30). The molecule has 0 spiro atoms. The third kappa shape index (κ3) is 5.00. The minimum absolute atomic E-state index is 0.0352. The van der Waals surface area contributed by atoms with Gasteiger partial charge in [0.2, 0.25) is 11.8 Å². The molecule has 4 rings (SSSR count). The molecule has 2 heterocycles. The van der Waals surface area contributed by atoms with E-state index in [0.717, 1.165) is 6.42 Å². The summed E-state index contributed by atoms with van der Waals surface area (Å²) in [5.41, 5.74) is 5.74. The zero-order valence-electron chi connectivity index (χ0n) is 19.1. The molecule has 0 radical (unpaired) electrons. The van der Waals surface area contributed by atoms with Crippen LogP contribution in [0.15, 0.2) is 36.4 Å².